The number of carbonyl (C=O) groups is 3. The van der Waals surface area contributed by atoms with E-state index in [0.717, 1.165) is 128 Å². The summed E-state index contributed by atoms with van der Waals surface area (Å²) in [7, 11) is 0. The van der Waals surface area contributed by atoms with Gasteiger partial charge in [-0.25, -0.2) is 0 Å². The normalized spacial score (nSPS) is 13.0. The number of hydrogen-bond donors (Lipinski definition) is 0. The predicted molar refractivity (Wildman–Crippen MR) is 362 cm³/mol. The Morgan fingerprint density at radius 3 is 0.771 bits per heavy atom. The van der Waals surface area contributed by atoms with Gasteiger partial charge in [0.2, 0.25) is 0 Å². The van der Waals surface area contributed by atoms with Crippen LogP contribution in [0.2, 0.25) is 0 Å². The highest BCUT2D eigenvalue weighted by atomic mass is 16.6. The minimum Gasteiger partial charge on any atom is -0.462 e. The van der Waals surface area contributed by atoms with Crippen molar-refractivity contribution in [3.63, 3.8) is 0 Å². The van der Waals surface area contributed by atoms with Crippen molar-refractivity contribution in [2.45, 2.75) is 309 Å². The molecule has 0 amide bonds. The Morgan fingerprint density at radius 2 is 0.470 bits per heavy atom. The summed E-state index contributed by atoms with van der Waals surface area (Å²) in [5.41, 5.74) is 0. The summed E-state index contributed by atoms with van der Waals surface area (Å²) < 4.78 is 16.9. The Bertz CT molecular complexity index is 1800. The number of rotatable bonds is 61. The summed E-state index contributed by atoms with van der Waals surface area (Å²) in [6.45, 7) is 6.39. The molecular weight excluding hydrogens is 1020 g/mol. The number of hydrogen-bond acceptors (Lipinski definition) is 6. The lowest BCUT2D eigenvalue weighted by atomic mass is 10.1. The molecule has 0 radical (unpaired) electrons. The molecule has 0 bridgehead atoms. The topological polar surface area (TPSA) is 78.9 Å². The third-order valence-electron chi connectivity index (χ3n) is 14.3. The van der Waals surface area contributed by atoms with E-state index in [1.807, 2.05) is 0 Å². The Morgan fingerprint density at radius 1 is 0.253 bits per heavy atom. The molecule has 83 heavy (non-hydrogen) atoms. The largest absolute Gasteiger partial charge is 0.462 e. The zero-order chi connectivity index (χ0) is 59.9. The molecule has 0 aromatic heterocycles. The molecule has 0 aromatic rings. The summed E-state index contributed by atoms with van der Waals surface area (Å²) in [5.74, 6) is -0.954. The predicted octanol–water partition coefficient (Wildman–Crippen LogP) is 23.9. The van der Waals surface area contributed by atoms with Gasteiger partial charge in [-0.05, 0) is 141 Å². The molecule has 0 aliphatic rings. The first-order valence-corrected chi connectivity index (χ1v) is 34.3. The summed E-state index contributed by atoms with van der Waals surface area (Å²) >= 11 is 0. The standard InChI is InChI=1S/C77H126O6/c1-4-7-10-13-16-19-22-25-28-31-33-35-36-37-38-39-40-42-43-46-49-52-55-58-61-64-67-70-76(79)82-73-74(72-81-75(78)69-66-63-60-57-54-51-48-45-30-27-24-21-18-15-12-9-6-3)83-77(80)71-68-65-62-59-56-53-50-47-44-41-34-32-29-26-23-20-17-14-11-8-5-2/h7,9-10,12,16,18-19,21,25,27-28,30,32-35,37-38,40,42,46,49,55,58,74H,4-6,8,11,13-15,17,20,22-24,26,29,31,36,39,41,43-45,47-48,50-54,56-57,59-73H2,1-3H3/b10-7-,12-9-,19-16-,21-18-,28-25-,30-27-,34-32-,35-33-,38-37-,42-40-,49-46-,58-55-. The van der Waals surface area contributed by atoms with Crippen molar-refractivity contribution in [3.05, 3.63) is 146 Å². The molecule has 6 nitrogen and oxygen atoms in total. The van der Waals surface area contributed by atoms with Crippen molar-refractivity contribution in [3.8, 4) is 0 Å². The molecule has 0 heterocycles. The second kappa shape index (κ2) is 69.8. The molecule has 0 aromatic carbocycles. The van der Waals surface area contributed by atoms with Crippen molar-refractivity contribution in [1.29, 1.82) is 0 Å². The second-order valence-corrected chi connectivity index (χ2v) is 22.3. The summed E-state index contributed by atoms with van der Waals surface area (Å²) in [6.07, 6.45) is 100. The van der Waals surface area contributed by atoms with Gasteiger partial charge >= 0.3 is 17.9 Å². The second-order valence-electron chi connectivity index (χ2n) is 22.3. The molecular formula is C77H126O6. The van der Waals surface area contributed by atoms with Crippen molar-refractivity contribution in [1.82, 2.24) is 0 Å². The van der Waals surface area contributed by atoms with Crippen molar-refractivity contribution in [2.75, 3.05) is 13.2 Å². The highest BCUT2D eigenvalue weighted by Crippen LogP contribution is 2.16. The van der Waals surface area contributed by atoms with Crippen LogP contribution in [0.1, 0.15) is 303 Å². The van der Waals surface area contributed by atoms with E-state index in [-0.39, 0.29) is 31.1 Å². The van der Waals surface area contributed by atoms with E-state index in [9.17, 15) is 14.4 Å². The van der Waals surface area contributed by atoms with E-state index >= 15 is 0 Å². The van der Waals surface area contributed by atoms with Crippen LogP contribution in [0.25, 0.3) is 0 Å². The molecule has 1 atom stereocenters. The van der Waals surface area contributed by atoms with Crippen LogP contribution in [0, 0.1) is 0 Å². The summed E-state index contributed by atoms with van der Waals surface area (Å²) in [4.78, 5) is 38.4. The van der Waals surface area contributed by atoms with Gasteiger partial charge in [0, 0.05) is 19.3 Å². The summed E-state index contributed by atoms with van der Waals surface area (Å²) in [5, 5.41) is 0. The third kappa shape index (κ3) is 68.0. The van der Waals surface area contributed by atoms with Crippen LogP contribution in [0.4, 0.5) is 0 Å². The average molecular weight is 1150 g/mol. The number of ether oxygens (including phenoxy) is 3. The van der Waals surface area contributed by atoms with E-state index in [1.165, 1.54) is 128 Å². The molecule has 0 aliphatic carbocycles. The quantitative estimate of drug-likeness (QED) is 0.0261. The Balaban J connectivity index is 4.48. The lowest BCUT2D eigenvalue weighted by molar-refractivity contribution is -0.167. The number of esters is 3. The molecule has 0 spiro atoms. The van der Waals surface area contributed by atoms with E-state index in [0.29, 0.717) is 25.7 Å². The van der Waals surface area contributed by atoms with Gasteiger partial charge in [-0.1, -0.05) is 289 Å². The molecule has 1 unspecified atom stereocenters. The lowest BCUT2D eigenvalue weighted by Gasteiger charge is -2.18. The highest BCUT2D eigenvalue weighted by molar-refractivity contribution is 5.71. The number of carbonyl (C=O) groups excluding carboxylic acids is 3. The molecule has 470 valence electrons. The van der Waals surface area contributed by atoms with Gasteiger partial charge < -0.3 is 14.2 Å². The molecule has 0 N–H and O–H groups in total. The minimum atomic E-state index is -0.810. The van der Waals surface area contributed by atoms with E-state index < -0.39 is 6.10 Å². The van der Waals surface area contributed by atoms with Crippen molar-refractivity contribution >= 4 is 17.9 Å². The van der Waals surface area contributed by atoms with Gasteiger partial charge in [0.1, 0.15) is 13.2 Å². The molecule has 0 rings (SSSR count). The molecule has 0 saturated carbocycles. The van der Waals surface area contributed by atoms with Gasteiger partial charge in [-0.3, -0.25) is 14.4 Å². The lowest BCUT2D eigenvalue weighted by Crippen LogP contribution is -2.30. The third-order valence-corrected chi connectivity index (χ3v) is 14.3. The van der Waals surface area contributed by atoms with Crippen LogP contribution in [0.15, 0.2) is 146 Å². The van der Waals surface area contributed by atoms with Crippen molar-refractivity contribution in [2.24, 2.45) is 0 Å². The maximum Gasteiger partial charge on any atom is 0.306 e. The Labute approximate surface area is 512 Å². The number of unbranched alkanes of at least 4 members (excludes halogenated alkanes) is 26. The van der Waals surface area contributed by atoms with Crippen LogP contribution in [-0.2, 0) is 28.6 Å². The van der Waals surface area contributed by atoms with Gasteiger partial charge in [0.05, 0.1) is 0 Å². The zero-order valence-corrected chi connectivity index (χ0v) is 53.9. The smallest absolute Gasteiger partial charge is 0.306 e. The fraction of sp³-hybridized carbons (Fsp3) is 0.649. The minimum absolute atomic E-state index is 0.102. The van der Waals surface area contributed by atoms with E-state index in [2.05, 4.69) is 167 Å². The van der Waals surface area contributed by atoms with Crippen LogP contribution in [-0.4, -0.2) is 37.2 Å². The van der Waals surface area contributed by atoms with Gasteiger partial charge in [0.25, 0.3) is 0 Å². The van der Waals surface area contributed by atoms with E-state index in [4.69, 9.17) is 14.2 Å². The highest BCUT2D eigenvalue weighted by Gasteiger charge is 2.19. The van der Waals surface area contributed by atoms with Crippen LogP contribution in [0.3, 0.4) is 0 Å². The van der Waals surface area contributed by atoms with Gasteiger partial charge in [0.15, 0.2) is 6.10 Å². The SMILES string of the molecule is CC/C=C\C/C=C\C/C=C\C/C=C\C/C=C\C/C=C\C/C=C\C/C=C\CCCCC(=O)OCC(COC(=O)CCCCCCCCC/C=C\C/C=C\C/C=C\CC)OC(=O)CCCCCCCCCCC/C=C\CCCCCCCCCC. The first kappa shape index (κ1) is 78.3. The van der Waals surface area contributed by atoms with E-state index in [1.54, 1.807) is 0 Å². The molecule has 0 saturated heterocycles. The Kier molecular flexibility index (Phi) is 65.8. The van der Waals surface area contributed by atoms with Gasteiger partial charge in [-0.2, -0.15) is 0 Å². The first-order chi connectivity index (χ1) is 41.0. The average Bonchev–Trinajstić information content (AvgIpc) is 3.49. The first-order valence-electron chi connectivity index (χ1n) is 34.3. The van der Waals surface area contributed by atoms with Crippen LogP contribution in [0.5, 0.6) is 0 Å². The molecule has 0 fully saturated rings. The van der Waals surface area contributed by atoms with Crippen LogP contribution < -0.4 is 0 Å². The monoisotopic (exact) mass is 1150 g/mol. The van der Waals surface area contributed by atoms with Crippen molar-refractivity contribution < 1.29 is 28.6 Å². The maximum atomic E-state index is 13.0. The summed E-state index contributed by atoms with van der Waals surface area (Å²) in [6, 6.07) is 0. The van der Waals surface area contributed by atoms with Crippen LogP contribution >= 0.6 is 0 Å². The Hall–Kier alpha value is -4.71. The maximum absolute atomic E-state index is 13.0. The fourth-order valence-electron chi connectivity index (χ4n) is 9.23. The number of allylic oxidation sites excluding steroid dienone is 24. The zero-order valence-electron chi connectivity index (χ0n) is 53.9. The van der Waals surface area contributed by atoms with Gasteiger partial charge in [-0.15, -0.1) is 0 Å². The fourth-order valence-corrected chi connectivity index (χ4v) is 9.23. The molecule has 0 aliphatic heterocycles. The molecule has 6 heteroatoms.